The number of nitrogen functional groups attached to an aromatic ring is 1. The second-order valence-electron chi connectivity index (χ2n) is 3.25. The van der Waals surface area contributed by atoms with Crippen molar-refractivity contribution < 1.29 is 14.4 Å². The fourth-order valence-electron chi connectivity index (χ4n) is 1.64. The van der Waals surface area contributed by atoms with E-state index in [-0.39, 0.29) is 12.7 Å². The molecule has 1 heterocycles. The lowest BCUT2D eigenvalue weighted by atomic mass is 10.1. The molecule has 0 spiro atoms. The zero-order chi connectivity index (χ0) is 11.0. The van der Waals surface area contributed by atoms with Crippen LogP contribution in [0.3, 0.4) is 0 Å². The summed E-state index contributed by atoms with van der Waals surface area (Å²) in [5.41, 5.74) is 7.20. The average molecular weight is 204 g/mol. The Hall–Kier alpha value is -2.17. The van der Waals surface area contributed by atoms with Gasteiger partial charge in [0.25, 0.3) is 5.91 Å². The van der Waals surface area contributed by atoms with Crippen LogP contribution < -0.4 is 10.6 Å². The van der Waals surface area contributed by atoms with Crippen molar-refractivity contribution in [3.05, 3.63) is 23.8 Å². The maximum Gasteiger partial charge on any atom is 0.297 e. The van der Waals surface area contributed by atoms with E-state index in [0.29, 0.717) is 16.9 Å². The highest BCUT2D eigenvalue weighted by Gasteiger charge is 2.31. The Bertz CT molecular complexity index is 468. The predicted octanol–water partition coefficient (Wildman–Crippen LogP) is -0.117. The topological polar surface area (TPSA) is 80.5 Å². The Morgan fingerprint density at radius 2 is 2.20 bits per heavy atom. The van der Waals surface area contributed by atoms with Crippen molar-refractivity contribution in [2.45, 2.75) is 6.42 Å². The van der Waals surface area contributed by atoms with Gasteiger partial charge in [-0.2, -0.15) is 0 Å². The minimum Gasteiger partial charge on any atom is -0.399 e. The predicted molar refractivity (Wildman–Crippen MR) is 53.1 cm³/mol. The maximum absolute atomic E-state index is 11.4. The quantitative estimate of drug-likeness (QED) is 0.393. The van der Waals surface area contributed by atoms with Crippen LogP contribution in [-0.2, 0) is 20.8 Å². The van der Waals surface area contributed by atoms with Gasteiger partial charge >= 0.3 is 0 Å². The van der Waals surface area contributed by atoms with E-state index in [4.69, 9.17) is 5.73 Å². The summed E-state index contributed by atoms with van der Waals surface area (Å²) >= 11 is 0. The fraction of sp³-hybridized carbons (Fsp3) is 0.100. The zero-order valence-corrected chi connectivity index (χ0v) is 7.77. The molecule has 1 aromatic carbocycles. The van der Waals surface area contributed by atoms with Gasteiger partial charge in [0.2, 0.25) is 12.2 Å². The van der Waals surface area contributed by atoms with Gasteiger partial charge in [-0.3, -0.25) is 14.4 Å². The SMILES string of the molecule is Nc1ccc2c(c1)CC(=O)N2C(=O)C=O. The molecular weight excluding hydrogens is 196 g/mol. The van der Waals surface area contributed by atoms with Gasteiger partial charge in [-0.15, -0.1) is 0 Å². The maximum atomic E-state index is 11.4. The molecule has 5 nitrogen and oxygen atoms in total. The summed E-state index contributed by atoms with van der Waals surface area (Å²) in [7, 11) is 0. The molecule has 5 heteroatoms. The van der Waals surface area contributed by atoms with Crippen LogP contribution in [0.1, 0.15) is 5.56 Å². The van der Waals surface area contributed by atoms with Crippen LogP contribution in [0.25, 0.3) is 0 Å². The monoisotopic (exact) mass is 204 g/mol. The van der Waals surface area contributed by atoms with Gasteiger partial charge in [0.05, 0.1) is 12.1 Å². The number of carbonyl (C=O) groups is 3. The highest BCUT2D eigenvalue weighted by Crippen LogP contribution is 2.30. The lowest BCUT2D eigenvalue weighted by Crippen LogP contribution is -2.34. The van der Waals surface area contributed by atoms with E-state index in [1.165, 1.54) is 0 Å². The molecule has 0 aromatic heterocycles. The number of rotatable bonds is 1. The van der Waals surface area contributed by atoms with Crippen molar-refractivity contribution in [3.63, 3.8) is 0 Å². The summed E-state index contributed by atoms with van der Waals surface area (Å²) in [5.74, 6) is -1.24. The van der Waals surface area contributed by atoms with Gasteiger partial charge < -0.3 is 5.73 Å². The number of fused-ring (bicyclic) bond motifs is 1. The van der Waals surface area contributed by atoms with Crippen LogP contribution in [0.4, 0.5) is 11.4 Å². The molecule has 0 aliphatic carbocycles. The fourth-order valence-corrected chi connectivity index (χ4v) is 1.64. The third-order valence-corrected chi connectivity index (χ3v) is 2.26. The number of hydrogen-bond donors (Lipinski definition) is 1. The number of amides is 2. The molecule has 0 saturated heterocycles. The van der Waals surface area contributed by atoms with Gasteiger partial charge in [-0.1, -0.05) is 0 Å². The summed E-state index contributed by atoms with van der Waals surface area (Å²) in [6.07, 6.45) is 0.239. The molecule has 2 rings (SSSR count). The minimum absolute atomic E-state index is 0.111. The van der Waals surface area contributed by atoms with Crippen molar-refractivity contribution >= 4 is 29.5 Å². The van der Waals surface area contributed by atoms with E-state index in [1.54, 1.807) is 18.2 Å². The first kappa shape index (κ1) is 9.39. The van der Waals surface area contributed by atoms with Crippen molar-refractivity contribution in [2.75, 3.05) is 10.6 Å². The molecule has 0 saturated carbocycles. The number of nitrogens with two attached hydrogens (primary N) is 1. The summed E-state index contributed by atoms with van der Waals surface area (Å²) < 4.78 is 0. The molecular formula is C10H8N2O3. The van der Waals surface area contributed by atoms with Gasteiger partial charge in [0.1, 0.15) is 0 Å². The first-order valence-electron chi connectivity index (χ1n) is 4.34. The number of anilines is 2. The summed E-state index contributed by atoms with van der Waals surface area (Å²) in [4.78, 5) is 33.8. The standard InChI is InChI=1S/C10H8N2O3/c11-7-1-2-8-6(3-7)4-9(14)12(8)10(15)5-13/h1-3,5H,4,11H2. The molecule has 1 aromatic rings. The molecule has 0 radical (unpaired) electrons. The molecule has 2 N–H and O–H groups in total. The first-order chi connectivity index (χ1) is 7.13. The third kappa shape index (κ3) is 1.38. The molecule has 0 unspecified atom stereocenters. The van der Waals surface area contributed by atoms with E-state index in [0.717, 1.165) is 4.90 Å². The molecule has 1 aliphatic rings. The number of hydrogen-bond acceptors (Lipinski definition) is 4. The van der Waals surface area contributed by atoms with E-state index in [9.17, 15) is 14.4 Å². The summed E-state index contributed by atoms with van der Waals surface area (Å²) in [5, 5.41) is 0. The molecule has 2 amide bonds. The van der Waals surface area contributed by atoms with Crippen molar-refractivity contribution in [3.8, 4) is 0 Å². The van der Waals surface area contributed by atoms with Gasteiger partial charge in [-0.05, 0) is 23.8 Å². The van der Waals surface area contributed by atoms with E-state index >= 15 is 0 Å². The van der Waals surface area contributed by atoms with Crippen LogP contribution >= 0.6 is 0 Å². The molecule has 76 valence electrons. The van der Waals surface area contributed by atoms with E-state index < -0.39 is 11.8 Å². The molecule has 15 heavy (non-hydrogen) atoms. The number of imide groups is 1. The normalized spacial score (nSPS) is 13.9. The highest BCUT2D eigenvalue weighted by molar-refractivity contribution is 6.39. The molecule has 0 atom stereocenters. The minimum atomic E-state index is -0.844. The number of nitrogens with zero attached hydrogens (tertiary/aromatic N) is 1. The molecule has 0 fully saturated rings. The highest BCUT2D eigenvalue weighted by atomic mass is 16.2. The lowest BCUT2D eigenvalue weighted by molar-refractivity contribution is -0.132. The second-order valence-corrected chi connectivity index (χ2v) is 3.25. The van der Waals surface area contributed by atoms with Crippen molar-refractivity contribution in [1.29, 1.82) is 0 Å². The van der Waals surface area contributed by atoms with E-state index in [1.807, 2.05) is 0 Å². The smallest absolute Gasteiger partial charge is 0.297 e. The molecule has 1 aliphatic heterocycles. The van der Waals surface area contributed by atoms with Crippen LogP contribution in [-0.4, -0.2) is 18.1 Å². The van der Waals surface area contributed by atoms with Gasteiger partial charge in [-0.25, -0.2) is 4.90 Å². The van der Waals surface area contributed by atoms with Gasteiger partial charge in [0, 0.05) is 5.69 Å². The van der Waals surface area contributed by atoms with Crippen molar-refractivity contribution in [1.82, 2.24) is 0 Å². The zero-order valence-electron chi connectivity index (χ0n) is 7.77. The van der Waals surface area contributed by atoms with Crippen LogP contribution in [0.5, 0.6) is 0 Å². The Balaban J connectivity index is 2.50. The summed E-state index contributed by atoms with van der Waals surface area (Å²) in [6.45, 7) is 0. The second kappa shape index (κ2) is 3.20. The van der Waals surface area contributed by atoms with Gasteiger partial charge in [0.15, 0.2) is 0 Å². The first-order valence-corrected chi connectivity index (χ1v) is 4.34. The van der Waals surface area contributed by atoms with Crippen LogP contribution in [0.2, 0.25) is 0 Å². The third-order valence-electron chi connectivity index (χ3n) is 2.26. The number of benzene rings is 1. The number of aldehydes is 1. The molecule has 0 bridgehead atoms. The largest absolute Gasteiger partial charge is 0.399 e. The number of carbonyl (C=O) groups excluding carboxylic acids is 3. The van der Waals surface area contributed by atoms with Crippen LogP contribution in [0.15, 0.2) is 18.2 Å². The Labute approximate surface area is 85.5 Å². The summed E-state index contributed by atoms with van der Waals surface area (Å²) in [6, 6.07) is 4.78. The lowest BCUT2D eigenvalue weighted by Gasteiger charge is -2.11. The Morgan fingerprint density at radius 1 is 1.47 bits per heavy atom. The Kier molecular flexibility index (Phi) is 2.00. The Morgan fingerprint density at radius 3 is 2.87 bits per heavy atom. The van der Waals surface area contributed by atoms with E-state index in [2.05, 4.69) is 0 Å². The average Bonchev–Trinajstić information content (AvgIpc) is 2.52. The van der Waals surface area contributed by atoms with Crippen molar-refractivity contribution in [2.24, 2.45) is 0 Å². The van der Waals surface area contributed by atoms with Crippen LogP contribution in [0, 0.1) is 0 Å².